The van der Waals surface area contributed by atoms with Crippen LogP contribution in [0.1, 0.15) is 17.5 Å². The maximum atomic E-state index is 4.88. The lowest BCUT2D eigenvalue weighted by Crippen LogP contribution is -1.99. The second-order valence-electron chi connectivity index (χ2n) is 2.74. The van der Waals surface area contributed by atoms with E-state index in [4.69, 9.17) is 9.05 Å². The summed E-state index contributed by atoms with van der Waals surface area (Å²) in [6, 6.07) is 0.346. The van der Waals surface area contributed by atoms with Crippen molar-refractivity contribution < 1.29 is 9.05 Å². The fraction of sp³-hybridized carbons (Fsp3) is 0.429. The molecule has 0 fully saturated rings. The number of hydrogen-bond acceptors (Lipinski definition) is 7. The lowest BCUT2D eigenvalue weighted by Gasteiger charge is -1.93. The number of anilines is 1. The van der Waals surface area contributed by atoms with Crippen LogP contribution in [0.5, 0.6) is 0 Å². The SMILES string of the molecule is Cc1noc(CNc2nc(C)no2)n1. The van der Waals surface area contributed by atoms with E-state index in [1.807, 2.05) is 0 Å². The second kappa shape index (κ2) is 3.44. The number of aromatic nitrogens is 4. The summed E-state index contributed by atoms with van der Waals surface area (Å²) in [4.78, 5) is 7.96. The molecule has 0 aromatic carbocycles. The number of nitrogens with zero attached hydrogens (tertiary/aromatic N) is 4. The van der Waals surface area contributed by atoms with Gasteiger partial charge in [-0.1, -0.05) is 10.3 Å². The Kier molecular flexibility index (Phi) is 2.13. The van der Waals surface area contributed by atoms with Gasteiger partial charge in [0, 0.05) is 0 Å². The molecule has 74 valence electrons. The van der Waals surface area contributed by atoms with Gasteiger partial charge in [-0.15, -0.1) is 0 Å². The Balaban J connectivity index is 1.94. The molecule has 0 saturated carbocycles. The largest absolute Gasteiger partial charge is 0.337 e. The highest BCUT2D eigenvalue weighted by Gasteiger charge is 2.05. The molecule has 1 N–H and O–H groups in total. The van der Waals surface area contributed by atoms with Gasteiger partial charge in [-0.3, -0.25) is 0 Å². The average molecular weight is 195 g/mol. The number of rotatable bonds is 3. The molecule has 0 radical (unpaired) electrons. The molecule has 0 bridgehead atoms. The average Bonchev–Trinajstić information content (AvgIpc) is 2.72. The molecule has 0 atom stereocenters. The zero-order valence-electron chi connectivity index (χ0n) is 7.81. The number of hydrogen-bond donors (Lipinski definition) is 1. The van der Waals surface area contributed by atoms with Gasteiger partial charge in [0.25, 0.3) is 0 Å². The van der Waals surface area contributed by atoms with Crippen LogP contribution in [-0.4, -0.2) is 20.3 Å². The van der Waals surface area contributed by atoms with Crippen LogP contribution in [0.2, 0.25) is 0 Å². The molecule has 7 heteroatoms. The van der Waals surface area contributed by atoms with Crippen LogP contribution in [0.25, 0.3) is 0 Å². The quantitative estimate of drug-likeness (QED) is 0.770. The second-order valence-corrected chi connectivity index (χ2v) is 2.74. The summed E-state index contributed by atoms with van der Waals surface area (Å²) < 4.78 is 9.71. The van der Waals surface area contributed by atoms with E-state index in [0.717, 1.165) is 0 Å². The van der Waals surface area contributed by atoms with Crippen molar-refractivity contribution in [3.8, 4) is 0 Å². The van der Waals surface area contributed by atoms with Gasteiger partial charge in [0.2, 0.25) is 5.89 Å². The Bertz CT molecular complexity index is 381. The predicted molar refractivity (Wildman–Crippen MR) is 45.4 cm³/mol. The van der Waals surface area contributed by atoms with Crippen molar-refractivity contribution in [1.29, 1.82) is 0 Å². The van der Waals surface area contributed by atoms with Crippen molar-refractivity contribution in [3.05, 3.63) is 17.5 Å². The van der Waals surface area contributed by atoms with Crippen LogP contribution in [0.3, 0.4) is 0 Å². The summed E-state index contributed by atoms with van der Waals surface area (Å²) in [5, 5.41) is 10.1. The fourth-order valence-corrected chi connectivity index (χ4v) is 0.932. The predicted octanol–water partition coefficient (Wildman–Crippen LogP) is 0.682. The Morgan fingerprint density at radius 2 is 1.79 bits per heavy atom. The Morgan fingerprint density at radius 3 is 2.36 bits per heavy atom. The monoisotopic (exact) mass is 195 g/mol. The van der Waals surface area contributed by atoms with Gasteiger partial charge in [-0.25, -0.2) is 0 Å². The van der Waals surface area contributed by atoms with E-state index in [-0.39, 0.29) is 0 Å². The lowest BCUT2D eigenvalue weighted by atomic mass is 10.6. The van der Waals surface area contributed by atoms with Crippen LogP contribution in [0, 0.1) is 13.8 Å². The van der Waals surface area contributed by atoms with E-state index in [9.17, 15) is 0 Å². The molecule has 2 aromatic heterocycles. The van der Waals surface area contributed by atoms with Crippen LogP contribution in [0.4, 0.5) is 6.01 Å². The molecule has 7 nitrogen and oxygen atoms in total. The van der Waals surface area contributed by atoms with Crippen LogP contribution in [0.15, 0.2) is 9.05 Å². The maximum Gasteiger partial charge on any atom is 0.321 e. The molecule has 0 amide bonds. The molecule has 0 aliphatic carbocycles. The van der Waals surface area contributed by atoms with Crippen LogP contribution >= 0.6 is 0 Å². The van der Waals surface area contributed by atoms with Crippen molar-refractivity contribution in [2.75, 3.05) is 5.32 Å². The van der Waals surface area contributed by atoms with E-state index < -0.39 is 0 Å². The minimum Gasteiger partial charge on any atom is -0.337 e. The smallest absolute Gasteiger partial charge is 0.321 e. The molecule has 0 saturated heterocycles. The first-order valence-corrected chi connectivity index (χ1v) is 4.07. The maximum absolute atomic E-state index is 4.88. The zero-order chi connectivity index (χ0) is 9.97. The van der Waals surface area contributed by atoms with E-state index >= 15 is 0 Å². The van der Waals surface area contributed by atoms with Gasteiger partial charge < -0.3 is 14.4 Å². The van der Waals surface area contributed by atoms with E-state index in [1.165, 1.54) is 0 Å². The van der Waals surface area contributed by atoms with Gasteiger partial charge in [-0.2, -0.15) is 9.97 Å². The van der Waals surface area contributed by atoms with Crippen molar-refractivity contribution in [1.82, 2.24) is 20.3 Å². The van der Waals surface area contributed by atoms with E-state index in [2.05, 4.69) is 25.6 Å². The van der Waals surface area contributed by atoms with Gasteiger partial charge in [0.05, 0.1) is 6.54 Å². The summed E-state index contributed by atoms with van der Waals surface area (Å²) in [5.41, 5.74) is 0. The molecule has 0 spiro atoms. The Hall–Kier alpha value is -1.92. The lowest BCUT2D eigenvalue weighted by molar-refractivity contribution is 0.375. The third kappa shape index (κ3) is 1.87. The zero-order valence-corrected chi connectivity index (χ0v) is 7.81. The minimum atomic E-state index is 0.346. The molecular weight excluding hydrogens is 186 g/mol. The summed E-state index contributed by atoms with van der Waals surface area (Å²) in [5.74, 6) is 1.66. The third-order valence-corrected chi connectivity index (χ3v) is 1.49. The molecule has 14 heavy (non-hydrogen) atoms. The first-order valence-electron chi connectivity index (χ1n) is 4.07. The normalized spacial score (nSPS) is 10.4. The number of nitrogens with one attached hydrogen (secondary N) is 1. The van der Waals surface area contributed by atoms with Crippen molar-refractivity contribution >= 4 is 6.01 Å². The summed E-state index contributed by atoms with van der Waals surface area (Å²) in [6.45, 7) is 3.87. The Labute approximate surface area is 79.5 Å². The van der Waals surface area contributed by atoms with Crippen molar-refractivity contribution in [2.45, 2.75) is 20.4 Å². The Morgan fingerprint density at radius 1 is 1.07 bits per heavy atom. The fourth-order valence-electron chi connectivity index (χ4n) is 0.932. The minimum absolute atomic E-state index is 0.346. The van der Waals surface area contributed by atoms with Gasteiger partial charge in [0.1, 0.15) is 0 Å². The highest BCUT2D eigenvalue weighted by atomic mass is 16.5. The molecule has 2 aromatic rings. The standard InChI is InChI=1S/C7H9N5O2/c1-4-9-6(13-11-4)3-8-7-10-5(2)12-14-7/h3H2,1-2H3,(H,8,10,12). The molecule has 0 aliphatic rings. The summed E-state index contributed by atoms with van der Waals surface area (Å²) >= 11 is 0. The molecule has 2 heterocycles. The molecule has 0 unspecified atom stereocenters. The molecule has 2 rings (SSSR count). The number of aryl methyl sites for hydroxylation is 2. The van der Waals surface area contributed by atoms with E-state index in [0.29, 0.717) is 30.1 Å². The van der Waals surface area contributed by atoms with Gasteiger partial charge >= 0.3 is 6.01 Å². The van der Waals surface area contributed by atoms with Crippen molar-refractivity contribution in [2.24, 2.45) is 0 Å². The summed E-state index contributed by atoms with van der Waals surface area (Å²) in [6.07, 6.45) is 0. The highest BCUT2D eigenvalue weighted by molar-refractivity contribution is 5.17. The van der Waals surface area contributed by atoms with Crippen LogP contribution < -0.4 is 5.32 Å². The van der Waals surface area contributed by atoms with Gasteiger partial charge in [-0.05, 0) is 13.8 Å². The summed E-state index contributed by atoms with van der Waals surface area (Å²) in [7, 11) is 0. The highest BCUT2D eigenvalue weighted by Crippen LogP contribution is 2.04. The van der Waals surface area contributed by atoms with Gasteiger partial charge in [0.15, 0.2) is 11.6 Å². The first-order chi connectivity index (χ1) is 6.74. The topological polar surface area (TPSA) is 89.9 Å². The molecule has 0 aliphatic heterocycles. The van der Waals surface area contributed by atoms with Crippen LogP contribution in [-0.2, 0) is 6.54 Å². The van der Waals surface area contributed by atoms with Crippen molar-refractivity contribution in [3.63, 3.8) is 0 Å². The van der Waals surface area contributed by atoms with E-state index in [1.54, 1.807) is 13.8 Å². The third-order valence-electron chi connectivity index (χ3n) is 1.49. The molecular formula is C7H9N5O2. The first kappa shape index (κ1) is 8.67.